The van der Waals surface area contributed by atoms with Crippen molar-refractivity contribution >= 4 is 17.4 Å². The summed E-state index contributed by atoms with van der Waals surface area (Å²) < 4.78 is 1.79. The normalized spacial score (nSPS) is 11.7. The van der Waals surface area contributed by atoms with Gasteiger partial charge in [-0.15, -0.1) is 0 Å². The van der Waals surface area contributed by atoms with E-state index in [-0.39, 0.29) is 18.2 Å². The van der Waals surface area contributed by atoms with Crippen molar-refractivity contribution in [3.63, 3.8) is 0 Å². The van der Waals surface area contributed by atoms with Crippen molar-refractivity contribution in [1.29, 1.82) is 0 Å². The first-order chi connectivity index (χ1) is 15.5. The lowest BCUT2D eigenvalue weighted by atomic mass is 10.0. The lowest BCUT2D eigenvalue weighted by Gasteiger charge is -2.16. The minimum atomic E-state index is -0.503. The van der Waals surface area contributed by atoms with Gasteiger partial charge in [-0.25, -0.2) is 9.97 Å². The number of hydrogen-bond donors (Lipinski definition) is 3. The van der Waals surface area contributed by atoms with Crippen LogP contribution in [0.2, 0.25) is 0 Å². The molecule has 0 radical (unpaired) electrons. The molecule has 0 saturated heterocycles. The van der Waals surface area contributed by atoms with Crippen LogP contribution in [0.4, 0.5) is 11.5 Å². The van der Waals surface area contributed by atoms with E-state index in [4.69, 9.17) is 0 Å². The average molecular weight is 428 g/mol. The second-order valence-corrected chi connectivity index (χ2v) is 7.64. The Morgan fingerprint density at radius 3 is 2.62 bits per heavy atom. The molecule has 2 aromatic carbocycles. The van der Waals surface area contributed by atoms with Crippen molar-refractivity contribution in [3.8, 4) is 5.69 Å². The molecule has 162 valence electrons. The molecule has 0 saturated carbocycles. The summed E-state index contributed by atoms with van der Waals surface area (Å²) in [5.74, 6) is 0.343. The van der Waals surface area contributed by atoms with E-state index in [1.165, 1.54) is 0 Å². The van der Waals surface area contributed by atoms with Crippen LogP contribution < -0.4 is 10.6 Å². The monoisotopic (exact) mass is 427 g/mol. The van der Waals surface area contributed by atoms with Gasteiger partial charge in [0.05, 0.1) is 18.3 Å². The third kappa shape index (κ3) is 4.84. The summed E-state index contributed by atoms with van der Waals surface area (Å²) in [6.45, 7) is 3.72. The van der Waals surface area contributed by atoms with Gasteiger partial charge in [0, 0.05) is 24.1 Å². The van der Waals surface area contributed by atoms with Crippen LogP contribution in [0.15, 0.2) is 79.4 Å². The van der Waals surface area contributed by atoms with Crippen LogP contribution in [0.25, 0.3) is 5.69 Å². The van der Waals surface area contributed by atoms with E-state index in [9.17, 15) is 9.90 Å². The molecule has 4 aromatic rings. The van der Waals surface area contributed by atoms with Crippen molar-refractivity contribution in [2.75, 3.05) is 11.9 Å². The van der Waals surface area contributed by atoms with Gasteiger partial charge in [-0.3, -0.25) is 4.79 Å². The highest BCUT2D eigenvalue weighted by atomic mass is 16.3. The van der Waals surface area contributed by atoms with E-state index in [0.717, 1.165) is 28.1 Å². The molecule has 32 heavy (non-hydrogen) atoms. The Bertz CT molecular complexity index is 1220. The van der Waals surface area contributed by atoms with Gasteiger partial charge in [-0.05, 0) is 37.1 Å². The van der Waals surface area contributed by atoms with Crippen LogP contribution in [0, 0.1) is 13.8 Å². The molecule has 0 aliphatic rings. The maximum Gasteiger partial charge on any atom is 0.272 e. The number of carbonyl (C=O) groups is 1. The number of hydrogen-bond acceptors (Lipinski definition) is 5. The molecule has 0 fully saturated rings. The number of pyridine rings is 1. The van der Waals surface area contributed by atoms with Gasteiger partial charge in [-0.2, -0.15) is 0 Å². The van der Waals surface area contributed by atoms with E-state index in [0.29, 0.717) is 5.82 Å². The summed E-state index contributed by atoms with van der Waals surface area (Å²) >= 11 is 0. The van der Waals surface area contributed by atoms with Crippen molar-refractivity contribution in [3.05, 3.63) is 102 Å². The number of aromatic nitrogens is 3. The van der Waals surface area contributed by atoms with Crippen molar-refractivity contribution in [2.24, 2.45) is 0 Å². The molecule has 0 aliphatic carbocycles. The van der Waals surface area contributed by atoms with Gasteiger partial charge in [0.2, 0.25) is 0 Å². The molecule has 7 nitrogen and oxygen atoms in total. The predicted octanol–water partition coefficient (Wildman–Crippen LogP) is 4.09. The number of aryl methyl sites for hydroxylation is 2. The number of carbonyl (C=O) groups excluding carboxylic acids is 1. The summed E-state index contributed by atoms with van der Waals surface area (Å²) in [7, 11) is 0. The lowest BCUT2D eigenvalue weighted by Crippen LogP contribution is -2.31. The van der Waals surface area contributed by atoms with Crippen LogP contribution in [-0.4, -0.2) is 32.2 Å². The van der Waals surface area contributed by atoms with Crippen LogP contribution >= 0.6 is 0 Å². The number of aliphatic hydroxyl groups excluding tert-OH is 1. The van der Waals surface area contributed by atoms with Crippen molar-refractivity contribution < 1.29 is 9.90 Å². The minimum absolute atomic E-state index is 0.201. The van der Waals surface area contributed by atoms with E-state index in [1.54, 1.807) is 23.3 Å². The standard InChI is InChI=1S/C25H25N5O2/c1-17-7-6-8-19(11-17)22(15-31)29-25(32)21-14-30(16-27-21)23-12-24(26-13-18(23)2)28-20-9-4-3-5-10-20/h3-14,16,22,31H,15H2,1-2H3,(H,26,28)(H,29,32). The van der Waals surface area contributed by atoms with Crippen LogP contribution in [0.3, 0.4) is 0 Å². The van der Waals surface area contributed by atoms with Crippen LogP contribution in [-0.2, 0) is 0 Å². The molecular weight excluding hydrogens is 402 g/mol. The molecule has 0 spiro atoms. The van der Waals surface area contributed by atoms with E-state index in [1.807, 2.05) is 74.5 Å². The predicted molar refractivity (Wildman–Crippen MR) is 124 cm³/mol. The molecule has 7 heteroatoms. The summed E-state index contributed by atoms with van der Waals surface area (Å²) in [5, 5.41) is 15.9. The zero-order valence-electron chi connectivity index (χ0n) is 18.0. The molecule has 4 rings (SSSR count). The fraction of sp³-hybridized carbons (Fsp3) is 0.160. The van der Waals surface area contributed by atoms with E-state index >= 15 is 0 Å². The zero-order chi connectivity index (χ0) is 22.5. The second kappa shape index (κ2) is 9.45. The molecule has 1 unspecified atom stereocenters. The number of para-hydroxylation sites is 1. The fourth-order valence-electron chi connectivity index (χ4n) is 3.45. The summed E-state index contributed by atoms with van der Waals surface area (Å²) in [6, 6.07) is 18.9. The van der Waals surface area contributed by atoms with Gasteiger partial charge >= 0.3 is 0 Å². The summed E-state index contributed by atoms with van der Waals surface area (Å²) in [6.07, 6.45) is 5.05. The maximum absolute atomic E-state index is 12.8. The number of aliphatic hydroxyl groups is 1. The fourth-order valence-corrected chi connectivity index (χ4v) is 3.45. The number of nitrogens with one attached hydrogen (secondary N) is 2. The smallest absolute Gasteiger partial charge is 0.272 e. The number of nitrogens with zero attached hydrogens (tertiary/aromatic N) is 3. The van der Waals surface area contributed by atoms with Crippen LogP contribution in [0.1, 0.15) is 33.2 Å². The highest BCUT2D eigenvalue weighted by Gasteiger charge is 2.17. The third-order valence-corrected chi connectivity index (χ3v) is 5.15. The molecular formula is C25H25N5O2. The largest absolute Gasteiger partial charge is 0.394 e. The van der Waals surface area contributed by atoms with Crippen molar-refractivity contribution in [1.82, 2.24) is 19.9 Å². The van der Waals surface area contributed by atoms with Gasteiger partial charge in [0.1, 0.15) is 17.8 Å². The first kappa shape index (κ1) is 21.3. The maximum atomic E-state index is 12.8. The first-order valence-electron chi connectivity index (χ1n) is 10.3. The van der Waals surface area contributed by atoms with Gasteiger partial charge in [0.15, 0.2) is 0 Å². The minimum Gasteiger partial charge on any atom is -0.394 e. The molecule has 1 amide bonds. The highest BCUT2D eigenvalue weighted by Crippen LogP contribution is 2.21. The lowest BCUT2D eigenvalue weighted by molar-refractivity contribution is 0.0911. The number of benzene rings is 2. The Hall–Kier alpha value is -3.97. The SMILES string of the molecule is Cc1cccc(C(CO)NC(=O)c2cn(-c3cc(Nc4ccccc4)ncc3C)cn2)c1. The molecule has 0 bridgehead atoms. The Morgan fingerprint density at radius 2 is 1.88 bits per heavy atom. The topological polar surface area (TPSA) is 92.1 Å². The Kier molecular flexibility index (Phi) is 6.28. The number of amides is 1. The summed E-state index contributed by atoms with van der Waals surface area (Å²) in [5.41, 5.74) is 4.93. The van der Waals surface area contributed by atoms with Crippen molar-refractivity contribution in [2.45, 2.75) is 19.9 Å². The average Bonchev–Trinajstić information content (AvgIpc) is 3.29. The first-order valence-corrected chi connectivity index (χ1v) is 10.3. The van der Waals surface area contributed by atoms with Gasteiger partial charge < -0.3 is 20.3 Å². The Balaban J connectivity index is 1.53. The van der Waals surface area contributed by atoms with E-state index < -0.39 is 6.04 Å². The van der Waals surface area contributed by atoms with E-state index in [2.05, 4.69) is 20.6 Å². The quantitative estimate of drug-likeness (QED) is 0.413. The molecule has 0 aliphatic heterocycles. The summed E-state index contributed by atoms with van der Waals surface area (Å²) in [4.78, 5) is 21.5. The number of anilines is 2. The Morgan fingerprint density at radius 1 is 1.06 bits per heavy atom. The van der Waals surface area contributed by atoms with Crippen LogP contribution in [0.5, 0.6) is 0 Å². The molecule has 2 heterocycles. The molecule has 3 N–H and O–H groups in total. The highest BCUT2D eigenvalue weighted by molar-refractivity contribution is 5.92. The Labute approximate surface area is 186 Å². The molecule has 1 atom stereocenters. The number of imidazole rings is 1. The number of rotatable bonds is 7. The second-order valence-electron chi connectivity index (χ2n) is 7.64. The zero-order valence-corrected chi connectivity index (χ0v) is 18.0. The van der Waals surface area contributed by atoms with Gasteiger partial charge in [-0.1, -0.05) is 48.0 Å². The molecule has 2 aromatic heterocycles. The van der Waals surface area contributed by atoms with Gasteiger partial charge in [0.25, 0.3) is 5.91 Å². The third-order valence-electron chi connectivity index (χ3n) is 5.15.